The minimum absolute atomic E-state index is 0.00423. The van der Waals surface area contributed by atoms with Gasteiger partial charge in [0.1, 0.15) is 23.6 Å². The van der Waals surface area contributed by atoms with Gasteiger partial charge in [-0.3, -0.25) is 28.4 Å². The van der Waals surface area contributed by atoms with Crippen molar-refractivity contribution >= 4 is 66.3 Å². The van der Waals surface area contributed by atoms with E-state index in [1.54, 1.807) is 30.4 Å². The maximum atomic E-state index is 14.1. The third kappa shape index (κ3) is 14.0. The average Bonchev–Trinajstić information content (AvgIpc) is 4.06. The Balaban J connectivity index is 1.06. The Bertz CT molecular complexity index is 2460. The fraction of sp³-hybridized carbons (Fsp3) is 0.500. The van der Waals surface area contributed by atoms with Crippen molar-refractivity contribution in [1.29, 1.82) is 0 Å². The first-order valence-electron chi connectivity index (χ1n) is 22.6. The quantitative estimate of drug-likeness (QED) is 0.0447. The summed E-state index contributed by atoms with van der Waals surface area (Å²) in [6.45, 7) is 7.55. The number of nitrogens with one attached hydrogen (secondary N) is 1. The first-order valence-corrected chi connectivity index (χ1v) is 25.9. The van der Waals surface area contributed by atoms with Gasteiger partial charge in [0, 0.05) is 37.2 Å². The molecule has 3 saturated heterocycles. The normalized spacial score (nSPS) is 20.3. The summed E-state index contributed by atoms with van der Waals surface area (Å²) < 4.78 is 72.2. The summed E-state index contributed by atoms with van der Waals surface area (Å²) in [5.41, 5.74) is 2.87. The molecule has 3 aliphatic rings. The maximum Gasteiger partial charge on any atom is 0.334 e. The predicted molar refractivity (Wildman–Crippen MR) is 251 cm³/mol. The van der Waals surface area contributed by atoms with Gasteiger partial charge in [-0.05, 0) is 137 Å². The number of amides is 2. The number of likely N-dealkylation sites (tertiary alicyclic amines) is 2. The molecule has 15 nitrogen and oxygen atoms in total. The molecule has 0 aliphatic carbocycles. The molecule has 3 aromatic carbocycles. The Morgan fingerprint density at radius 2 is 1.55 bits per heavy atom. The minimum Gasteiger partial charge on any atom is -0.425 e. The number of nitrogens with zero attached hydrogens (tertiary/aromatic N) is 3. The van der Waals surface area contributed by atoms with Crippen LogP contribution in [0.25, 0.3) is 16.8 Å². The van der Waals surface area contributed by atoms with Crippen molar-refractivity contribution in [3.8, 4) is 5.75 Å². The lowest BCUT2D eigenvalue weighted by Crippen LogP contribution is -2.55. The zero-order valence-corrected chi connectivity index (χ0v) is 38.7. The molecule has 65 heavy (non-hydrogen) atoms. The smallest absolute Gasteiger partial charge is 0.334 e. The second kappa shape index (κ2) is 22.5. The number of fused-ring (bicyclic) bond motifs is 1. The van der Waals surface area contributed by atoms with Gasteiger partial charge in [0.15, 0.2) is 0 Å². The second-order valence-electron chi connectivity index (χ2n) is 17.5. The first kappa shape index (κ1) is 49.5. The van der Waals surface area contributed by atoms with Crippen LogP contribution in [0.1, 0.15) is 88.2 Å². The van der Waals surface area contributed by atoms with Crippen molar-refractivity contribution in [2.45, 2.75) is 108 Å². The number of aryl methyl sites for hydroxylation is 1. The molecule has 3 aliphatic heterocycles. The molecule has 0 unspecified atom stereocenters. The van der Waals surface area contributed by atoms with Gasteiger partial charge in [0.25, 0.3) is 20.2 Å². The van der Waals surface area contributed by atoms with Gasteiger partial charge < -0.3 is 19.9 Å². The number of carbonyl (C=O) groups is 4. The van der Waals surface area contributed by atoms with Gasteiger partial charge in [-0.25, -0.2) is 4.79 Å². The summed E-state index contributed by atoms with van der Waals surface area (Å²) in [5.74, 6) is -3.57. The molecule has 6 rings (SSSR count). The van der Waals surface area contributed by atoms with Gasteiger partial charge in [-0.15, -0.1) is 0 Å². The van der Waals surface area contributed by atoms with Crippen molar-refractivity contribution in [2.75, 3.05) is 42.6 Å². The number of carbonyl (C=O) groups excluding carboxylic acids is 4. The molecular weight excluding hydrogens is 873 g/mol. The average molecular weight is 935 g/mol. The molecule has 3 aromatic rings. The third-order valence-corrected chi connectivity index (χ3v) is 14.5. The summed E-state index contributed by atoms with van der Waals surface area (Å²) in [5, 5.41) is 5.02. The number of allylic oxidation sites excluding steroid dienone is 2. The zero-order chi connectivity index (χ0) is 46.7. The SMILES string of the molecule is C=C/C=C\c1cc(OC(=O)[C@@H]2CCCN2C(=O)[C@H](CCS(=O)(=O)O)NC(=O)[C@@H]2CCCN2CCCC(=O)[C@@H](CC[C@@H]2CCCN2c2ccc3ccccc3c2)CCS(=O)(=O)O)ccc1C. The van der Waals surface area contributed by atoms with Crippen LogP contribution in [0.15, 0.2) is 79.4 Å². The fourth-order valence-corrected chi connectivity index (χ4v) is 10.6. The molecule has 352 valence electrons. The number of benzene rings is 3. The lowest BCUT2D eigenvalue weighted by molar-refractivity contribution is -0.147. The molecule has 0 spiro atoms. The summed E-state index contributed by atoms with van der Waals surface area (Å²) in [6.07, 6.45) is 10.3. The van der Waals surface area contributed by atoms with Gasteiger partial charge in [0.05, 0.1) is 17.5 Å². The largest absolute Gasteiger partial charge is 0.425 e. The van der Waals surface area contributed by atoms with Crippen LogP contribution in [0.3, 0.4) is 0 Å². The van der Waals surface area contributed by atoms with Crippen molar-refractivity contribution in [2.24, 2.45) is 5.92 Å². The summed E-state index contributed by atoms with van der Waals surface area (Å²) in [7, 11) is -8.81. The van der Waals surface area contributed by atoms with Crippen molar-refractivity contribution in [1.82, 2.24) is 15.1 Å². The molecule has 2 amide bonds. The molecule has 0 bridgehead atoms. The lowest BCUT2D eigenvalue weighted by atomic mass is 9.90. The van der Waals surface area contributed by atoms with E-state index in [9.17, 15) is 45.1 Å². The number of Topliss-reactive ketones (excluding diaryl/α,β-unsaturated/α-hetero) is 1. The van der Waals surface area contributed by atoms with Crippen molar-refractivity contribution in [3.05, 3.63) is 90.5 Å². The molecule has 3 fully saturated rings. The fourth-order valence-electron chi connectivity index (χ4n) is 9.52. The Hall–Kier alpha value is -4.94. The summed E-state index contributed by atoms with van der Waals surface area (Å²) in [6, 6.07) is 16.8. The molecule has 5 atom stereocenters. The van der Waals surface area contributed by atoms with E-state index in [4.69, 9.17) is 4.74 Å². The van der Waals surface area contributed by atoms with Gasteiger partial charge >= 0.3 is 5.97 Å². The molecule has 0 aromatic heterocycles. The van der Waals surface area contributed by atoms with E-state index in [-0.39, 0.29) is 37.0 Å². The van der Waals surface area contributed by atoms with Crippen LogP contribution < -0.4 is 15.0 Å². The topological polar surface area (TPSA) is 208 Å². The number of hydrogen-bond donors (Lipinski definition) is 3. The number of ketones is 1. The highest BCUT2D eigenvalue weighted by Crippen LogP contribution is 2.33. The number of ether oxygens (including phenoxy) is 1. The highest BCUT2D eigenvalue weighted by Gasteiger charge is 2.41. The third-order valence-electron chi connectivity index (χ3n) is 13.0. The first-order chi connectivity index (χ1) is 31.0. The summed E-state index contributed by atoms with van der Waals surface area (Å²) in [4.78, 5) is 60.8. The predicted octanol–water partition coefficient (Wildman–Crippen LogP) is 6.16. The van der Waals surface area contributed by atoms with E-state index >= 15 is 0 Å². The van der Waals surface area contributed by atoms with E-state index in [1.165, 1.54) is 4.90 Å². The monoisotopic (exact) mass is 934 g/mol. The maximum absolute atomic E-state index is 14.1. The molecule has 0 radical (unpaired) electrons. The molecule has 0 saturated carbocycles. The molecule has 3 heterocycles. The molecule has 3 N–H and O–H groups in total. The Morgan fingerprint density at radius 3 is 2.31 bits per heavy atom. The van der Waals surface area contributed by atoms with E-state index in [1.807, 2.05) is 30.0 Å². The number of hydrogen-bond acceptors (Lipinski definition) is 11. The van der Waals surface area contributed by atoms with Crippen LogP contribution >= 0.6 is 0 Å². The van der Waals surface area contributed by atoms with Crippen LogP contribution in [0, 0.1) is 12.8 Å². The Labute approximate surface area is 382 Å². The summed E-state index contributed by atoms with van der Waals surface area (Å²) >= 11 is 0. The van der Waals surface area contributed by atoms with E-state index in [0.29, 0.717) is 58.0 Å². The molecule has 17 heteroatoms. The highest BCUT2D eigenvalue weighted by atomic mass is 32.2. The standard InChI is InChI=1S/C48H62N4O11S2/c1-3-4-11-37-33-41(23-18-34(37)2)63-48(56)44-16-9-29-52(44)47(55)42(25-31-65(60,61)62)49-46(54)43-15-8-26-50(43)27-10-17-45(53)36(24-30-64(57,58)59)20-21-39-14-7-28-51(39)40-22-19-35-12-5-6-13-38(35)32-40/h3-6,11-13,18-19,22-23,32-33,36,39,42-44H,1,7-10,14-17,20-21,24-31H2,2H3,(H,49,54)(H,57,58,59)(H,60,61,62)/b11-4-/t36-,39-,42-,43-,44-/m0/s1. The zero-order valence-electron chi connectivity index (χ0n) is 37.1. The van der Waals surface area contributed by atoms with Crippen LogP contribution in [0.2, 0.25) is 0 Å². The van der Waals surface area contributed by atoms with Crippen LogP contribution in [0.4, 0.5) is 5.69 Å². The van der Waals surface area contributed by atoms with Crippen LogP contribution in [-0.4, -0.2) is 121 Å². The number of anilines is 1. The number of esters is 1. The van der Waals surface area contributed by atoms with E-state index < -0.39 is 80.0 Å². The Kier molecular flexibility index (Phi) is 17.1. The lowest BCUT2D eigenvalue weighted by Gasteiger charge is -2.30. The van der Waals surface area contributed by atoms with Gasteiger partial charge in [-0.1, -0.05) is 61.2 Å². The van der Waals surface area contributed by atoms with Crippen LogP contribution in [-0.2, 0) is 39.4 Å². The van der Waals surface area contributed by atoms with Crippen molar-refractivity contribution in [3.63, 3.8) is 0 Å². The second-order valence-corrected chi connectivity index (χ2v) is 20.6. The Morgan fingerprint density at radius 1 is 0.846 bits per heavy atom. The minimum atomic E-state index is -4.52. The van der Waals surface area contributed by atoms with E-state index in [2.05, 4.69) is 47.1 Å². The van der Waals surface area contributed by atoms with Crippen LogP contribution in [0.5, 0.6) is 5.75 Å². The van der Waals surface area contributed by atoms with E-state index in [0.717, 1.165) is 47.0 Å². The van der Waals surface area contributed by atoms with Crippen molar-refractivity contribution < 1.29 is 49.9 Å². The molecular formula is C48H62N4O11S2. The number of rotatable bonds is 22. The van der Waals surface area contributed by atoms with Gasteiger partial charge in [0.2, 0.25) is 11.8 Å². The highest BCUT2D eigenvalue weighted by molar-refractivity contribution is 7.86. The van der Waals surface area contributed by atoms with Gasteiger partial charge in [-0.2, -0.15) is 16.8 Å².